The van der Waals surface area contributed by atoms with E-state index in [0.717, 1.165) is 5.56 Å². The molecule has 2 rings (SSSR count). The van der Waals surface area contributed by atoms with E-state index in [0.29, 0.717) is 11.4 Å². The molecule has 2 unspecified atom stereocenters. The van der Waals surface area contributed by atoms with E-state index in [1.165, 1.54) is 0 Å². The maximum atomic E-state index is 11.5. The Labute approximate surface area is 99.5 Å². The number of anilines is 1. The summed E-state index contributed by atoms with van der Waals surface area (Å²) in [5, 5.41) is 5.80. The molecule has 0 bridgehead atoms. The molecule has 0 aliphatic carbocycles. The number of fused-ring (bicyclic) bond motifs is 1. The predicted octanol–water partition coefficient (Wildman–Crippen LogP) is 0.0873. The molecule has 0 aromatic heterocycles. The van der Waals surface area contributed by atoms with Gasteiger partial charge in [0.05, 0.1) is 11.9 Å². The van der Waals surface area contributed by atoms with Gasteiger partial charge in [-0.25, -0.2) is 5.43 Å². The highest BCUT2D eigenvalue weighted by Crippen LogP contribution is 2.31. The molecule has 1 aliphatic rings. The fourth-order valence-electron chi connectivity index (χ4n) is 1.75. The Morgan fingerprint density at radius 3 is 2.94 bits per heavy atom. The van der Waals surface area contributed by atoms with Crippen molar-refractivity contribution >= 4 is 11.6 Å². The molecule has 1 heterocycles. The van der Waals surface area contributed by atoms with Crippen LogP contribution in [0.5, 0.6) is 5.75 Å². The minimum absolute atomic E-state index is 0.142. The molecule has 0 fully saturated rings. The van der Waals surface area contributed by atoms with Gasteiger partial charge >= 0.3 is 0 Å². The monoisotopic (exact) mass is 236 g/mol. The van der Waals surface area contributed by atoms with Crippen molar-refractivity contribution in [1.82, 2.24) is 10.7 Å². The smallest absolute Gasteiger partial charge is 0.265 e. The van der Waals surface area contributed by atoms with Gasteiger partial charge in [0.2, 0.25) is 0 Å². The molecule has 0 saturated carbocycles. The van der Waals surface area contributed by atoms with Gasteiger partial charge in [0, 0.05) is 0 Å². The van der Waals surface area contributed by atoms with Crippen LogP contribution in [-0.4, -0.2) is 19.1 Å². The molecular weight excluding hydrogens is 220 g/mol. The van der Waals surface area contributed by atoms with Crippen LogP contribution in [0.4, 0.5) is 5.69 Å². The first-order valence-corrected chi connectivity index (χ1v) is 5.40. The number of hydrogen-bond donors (Lipinski definition) is 4. The Morgan fingerprint density at radius 1 is 1.53 bits per heavy atom. The Bertz CT molecular complexity index is 431. The highest BCUT2D eigenvalue weighted by Gasteiger charge is 2.24. The van der Waals surface area contributed by atoms with Crippen LogP contribution in [0.1, 0.15) is 18.7 Å². The Balaban J connectivity index is 2.31. The summed E-state index contributed by atoms with van der Waals surface area (Å²) in [6.07, 6.45) is -0.627. The second-order valence-corrected chi connectivity index (χ2v) is 3.89. The standard InChI is InChI=1S/C11H16N4O2/c1-6-11(16)14-8-5-7(10(13-2)15-12)3-4-9(8)17-6/h3-6,10,13,15H,12H2,1-2H3,(H,14,16). The topological polar surface area (TPSA) is 88.4 Å². The number of hydrogen-bond acceptors (Lipinski definition) is 5. The number of rotatable bonds is 3. The molecular formula is C11H16N4O2. The van der Waals surface area contributed by atoms with E-state index >= 15 is 0 Å². The second-order valence-electron chi connectivity index (χ2n) is 3.89. The van der Waals surface area contributed by atoms with Crippen molar-refractivity contribution in [2.24, 2.45) is 5.84 Å². The highest BCUT2D eigenvalue weighted by molar-refractivity contribution is 5.97. The van der Waals surface area contributed by atoms with Gasteiger partial charge in [-0.05, 0) is 31.7 Å². The molecule has 0 saturated heterocycles. The third-order valence-electron chi connectivity index (χ3n) is 2.72. The number of carbonyl (C=O) groups excluding carboxylic acids is 1. The van der Waals surface area contributed by atoms with E-state index in [2.05, 4.69) is 16.1 Å². The van der Waals surface area contributed by atoms with E-state index in [9.17, 15) is 4.79 Å². The molecule has 6 nitrogen and oxygen atoms in total. The quantitative estimate of drug-likeness (QED) is 0.339. The minimum Gasteiger partial charge on any atom is -0.479 e. The largest absolute Gasteiger partial charge is 0.479 e. The summed E-state index contributed by atoms with van der Waals surface area (Å²) in [6.45, 7) is 1.71. The summed E-state index contributed by atoms with van der Waals surface area (Å²) in [4.78, 5) is 11.5. The van der Waals surface area contributed by atoms with Crippen LogP contribution >= 0.6 is 0 Å². The molecule has 92 valence electrons. The van der Waals surface area contributed by atoms with Crippen molar-refractivity contribution in [3.63, 3.8) is 0 Å². The fourth-order valence-corrected chi connectivity index (χ4v) is 1.75. The van der Waals surface area contributed by atoms with Crippen molar-refractivity contribution in [3.8, 4) is 5.75 Å². The zero-order chi connectivity index (χ0) is 12.4. The van der Waals surface area contributed by atoms with Gasteiger partial charge in [-0.2, -0.15) is 0 Å². The van der Waals surface area contributed by atoms with Gasteiger partial charge in [0.15, 0.2) is 6.10 Å². The van der Waals surface area contributed by atoms with E-state index in [1.54, 1.807) is 14.0 Å². The van der Waals surface area contributed by atoms with Crippen molar-refractivity contribution in [2.75, 3.05) is 12.4 Å². The summed E-state index contributed by atoms with van der Waals surface area (Å²) in [6, 6.07) is 5.55. The molecule has 2 atom stereocenters. The van der Waals surface area contributed by atoms with Gasteiger partial charge < -0.3 is 15.4 Å². The summed E-state index contributed by atoms with van der Waals surface area (Å²) in [5.41, 5.74) is 4.22. The van der Waals surface area contributed by atoms with E-state index in [4.69, 9.17) is 10.6 Å². The van der Waals surface area contributed by atoms with Gasteiger partial charge in [-0.1, -0.05) is 6.07 Å². The lowest BCUT2D eigenvalue weighted by Gasteiger charge is -2.25. The van der Waals surface area contributed by atoms with Crippen molar-refractivity contribution in [2.45, 2.75) is 19.2 Å². The minimum atomic E-state index is -0.457. The van der Waals surface area contributed by atoms with Crippen LogP contribution in [0.15, 0.2) is 18.2 Å². The number of ether oxygens (including phenoxy) is 1. The summed E-state index contributed by atoms with van der Waals surface area (Å²) in [7, 11) is 1.79. The van der Waals surface area contributed by atoms with Gasteiger partial charge in [0.1, 0.15) is 5.75 Å². The number of benzene rings is 1. The first kappa shape index (κ1) is 11.8. The Hall–Kier alpha value is -1.63. The molecule has 0 radical (unpaired) electrons. The Morgan fingerprint density at radius 2 is 2.29 bits per heavy atom. The lowest BCUT2D eigenvalue weighted by molar-refractivity contribution is -0.122. The van der Waals surface area contributed by atoms with Gasteiger partial charge in [-0.15, -0.1) is 0 Å². The normalized spacial score (nSPS) is 20.2. The van der Waals surface area contributed by atoms with Crippen LogP contribution in [0.25, 0.3) is 0 Å². The molecule has 1 aromatic rings. The molecule has 1 aromatic carbocycles. The van der Waals surface area contributed by atoms with Crippen LogP contribution in [0.2, 0.25) is 0 Å². The summed E-state index contributed by atoms with van der Waals surface area (Å²) >= 11 is 0. The van der Waals surface area contributed by atoms with Crippen LogP contribution in [0, 0.1) is 0 Å². The Kier molecular flexibility index (Phi) is 3.28. The molecule has 5 N–H and O–H groups in total. The van der Waals surface area contributed by atoms with Crippen LogP contribution < -0.4 is 26.6 Å². The molecule has 17 heavy (non-hydrogen) atoms. The molecule has 1 aliphatic heterocycles. The van der Waals surface area contributed by atoms with Gasteiger partial charge in [0.25, 0.3) is 5.91 Å². The maximum Gasteiger partial charge on any atom is 0.265 e. The lowest BCUT2D eigenvalue weighted by atomic mass is 10.1. The van der Waals surface area contributed by atoms with Crippen molar-refractivity contribution in [3.05, 3.63) is 23.8 Å². The average Bonchev–Trinajstić information content (AvgIpc) is 2.32. The number of hydrazine groups is 1. The summed E-state index contributed by atoms with van der Waals surface area (Å²) in [5.74, 6) is 5.94. The number of amides is 1. The molecule has 0 spiro atoms. The zero-order valence-corrected chi connectivity index (χ0v) is 9.78. The third-order valence-corrected chi connectivity index (χ3v) is 2.72. The SMILES string of the molecule is CNC(NN)c1ccc2c(c1)NC(=O)C(C)O2. The zero-order valence-electron chi connectivity index (χ0n) is 9.78. The number of nitrogens with one attached hydrogen (secondary N) is 3. The van der Waals surface area contributed by atoms with Crippen LogP contribution in [0.3, 0.4) is 0 Å². The van der Waals surface area contributed by atoms with Gasteiger partial charge in [-0.3, -0.25) is 10.6 Å². The third kappa shape index (κ3) is 2.23. The molecule has 6 heteroatoms. The average molecular weight is 236 g/mol. The van der Waals surface area contributed by atoms with E-state index in [-0.39, 0.29) is 12.1 Å². The number of carbonyl (C=O) groups is 1. The van der Waals surface area contributed by atoms with Crippen molar-refractivity contribution < 1.29 is 9.53 Å². The first-order valence-electron chi connectivity index (χ1n) is 5.40. The maximum absolute atomic E-state index is 11.5. The fraction of sp³-hybridized carbons (Fsp3) is 0.364. The predicted molar refractivity (Wildman–Crippen MR) is 64.3 cm³/mol. The first-order chi connectivity index (χ1) is 8.15. The van der Waals surface area contributed by atoms with E-state index in [1.807, 2.05) is 18.2 Å². The van der Waals surface area contributed by atoms with E-state index < -0.39 is 6.10 Å². The van der Waals surface area contributed by atoms with Crippen LogP contribution in [-0.2, 0) is 4.79 Å². The molecule has 1 amide bonds. The van der Waals surface area contributed by atoms with Crippen molar-refractivity contribution in [1.29, 1.82) is 0 Å². The second kappa shape index (κ2) is 4.70. The number of nitrogens with two attached hydrogens (primary N) is 1. The lowest BCUT2D eigenvalue weighted by Crippen LogP contribution is -2.37. The highest BCUT2D eigenvalue weighted by atomic mass is 16.5. The summed E-state index contributed by atoms with van der Waals surface area (Å²) < 4.78 is 5.46.